The third-order valence-corrected chi connectivity index (χ3v) is 3.75. The molecule has 0 saturated heterocycles. The molecule has 4 heteroatoms. The summed E-state index contributed by atoms with van der Waals surface area (Å²) in [5, 5.41) is 4.32. The standard InChI is InChI=1S/C21H28N2O2/c1-6-24-21-12-18(8-10-20(21)25-14-15(2)3)13-22-23-19-9-7-16(4)17(5)11-19/h7-13,15,23H,6,14H2,1-5H3. The van der Waals surface area contributed by atoms with Gasteiger partial charge < -0.3 is 9.47 Å². The minimum atomic E-state index is 0.470. The fourth-order valence-electron chi connectivity index (χ4n) is 2.24. The maximum Gasteiger partial charge on any atom is 0.161 e. The molecule has 25 heavy (non-hydrogen) atoms. The molecular weight excluding hydrogens is 312 g/mol. The van der Waals surface area contributed by atoms with Gasteiger partial charge >= 0.3 is 0 Å². The third-order valence-electron chi connectivity index (χ3n) is 3.75. The lowest BCUT2D eigenvalue weighted by atomic mass is 10.1. The van der Waals surface area contributed by atoms with E-state index in [1.165, 1.54) is 11.1 Å². The van der Waals surface area contributed by atoms with Crippen LogP contribution in [0.5, 0.6) is 11.5 Å². The molecule has 0 spiro atoms. The van der Waals surface area contributed by atoms with Gasteiger partial charge in [-0.3, -0.25) is 5.43 Å². The number of hydrogen-bond acceptors (Lipinski definition) is 4. The Morgan fingerprint density at radius 1 is 1.00 bits per heavy atom. The van der Waals surface area contributed by atoms with E-state index in [4.69, 9.17) is 9.47 Å². The van der Waals surface area contributed by atoms with Crippen LogP contribution >= 0.6 is 0 Å². The van der Waals surface area contributed by atoms with Crippen molar-refractivity contribution in [3.8, 4) is 11.5 Å². The number of rotatable bonds is 8. The topological polar surface area (TPSA) is 42.8 Å². The molecule has 2 aromatic carbocycles. The molecule has 0 saturated carbocycles. The maximum atomic E-state index is 5.82. The molecule has 4 nitrogen and oxygen atoms in total. The molecule has 0 fully saturated rings. The molecular formula is C21H28N2O2. The normalized spacial score (nSPS) is 11.1. The van der Waals surface area contributed by atoms with E-state index in [-0.39, 0.29) is 0 Å². The van der Waals surface area contributed by atoms with Crippen molar-refractivity contribution in [3.05, 3.63) is 53.1 Å². The summed E-state index contributed by atoms with van der Waals surface area (Å²) in [5.41, 5.74) is 7.51. The maximum absolute atomic E-state index is 5.82. The summed E-state index contributed by atoms with van der Waals surface area (Å²) in [6.45, 7) is 11.7. The predicted molar refractivity (Wildman–Crippen MR) is 105 cm³/mol. The molecule has 1 N–H and O–H groups in total. The Balaban J connectivity index is 2.07. The van der Waals surface area contributed by atoms with Gasteiger partial charge in [-0.15, -0.1) is 0 Å². The summed E-state index contributed by atoms with van der Waals surface area (Å²) in [7, 11) is 0. The summed E-state index contributed by atoms with van der Waals surface area (Å²) in [6, 6.07) is 12.1. The van der Waals surface area contributed by atoms with Crippen molar-refractivity contribution in [1.29, 1.82) is 0 Å². The predicted octanol–water partition coefficient (Wildman–Crippen LogP) is 5.18. The highest BCUT2D eigenvalue weighted by molar-refractivity contribution is 5.81. The number of ether oxygens (including phenoxy) is 2. The minimum absolute atomic E-state index is 0.470. The van der Waals surface area contributed by atoms with Gasteiger partial charge in [0.2, 0.25) is 0 Å². The summed E-state index contributed by atoms with van der Waals surface area (Å²) in [5.74, 6) is 1.99. The first kappa shape index (κ1) is 18.8. The Labute approximate surface area is 150 Å². The second kappa shape index (κ2) is 9.11. The molecule has 0 unspecified atom stereocenters. The zero-order valence-electron chi connectivity index (χ0n) is 15.8. The van der Waals surface area contributed by atoms with E-state index in [0.29, 0.717) is 19.1 Å². The molecule has 0 atom stereocenters. The number of benzene rings is 2. The van der Waals surface area contributed by atoms with Crippen molar-refractivity contribution >= 4 is 11.9 Å². The van der Waals surface area contributed by atoms with Crippen LogP contribution in [0.15, 0.2) is 41.5 Å². The van der Waals surface area contributed by atoms with Gasteiger partial charge in [0.25, 0.3) is 0 Å². The second-order valence-corrected chi connectivity index (χ2v) is 6.51. The molecule has 2 aromatic rings. The summed E-state index contributed by atoms with van der Waals surface area (Å²) in [6.07, 6.45) is 1.78. The number of anilines is 1. The van der Waals surface area contributed by atoms with Crippen LogP contribution in [0.4, 0.5) is 5.69 Å². The van der Waals surface area contributed by atoms with Crippen LogP contribution in [0.25, 0.3) is 0 Å². The average molecular weight is 340 g/mol. The Kier molecular flexibility index (Phi) is 6.87. The van der Waals surface area contributed by atoms with E-state index in [9.17, 15) is 0 Å². The Bertz CT molecular complexity index is 724. The number of hydrogen-bond donors (Lipinski definition) is 1. The van der Waals surface area contributed by atoms with Gasteiger partial charge in [-0.05, 0) is 73.7 Å². The quantitative estimate of drug-likeness (QED) is 0.531. The molecule has 0 aromatic heterocycles. The van der Waals surface area contributed by atoms with E-state index in [1.807, 2.05) is 31.2 Å². The number of nitrogens with one attached hydrogen (secondary N) is 1. The Morgan fingerprint density at radius 2 is 1.80 bits per heavy atom. The highest BCUT2D eigenvalue weighted by Crippen LogP contribution is 2.28. The molecule has 0 radical (unpaired) electrons. The monoisotopic (exact) mass is 340 g/mol. The van der Waals surface area contributed by atoms with Crippen molar-refractivity contribution in [2.45, 2.75) is 34.6 Å². The van der Waals surface area contributed by atoms with Crippen molar-refractivity contribution in [1.82, 2.24) is 0 Å². The SMILES string of the molecule is CCOc1cc(C=NNc2ccc(C)c(C)c2)ccc1OCC(C)C. The Hall–Kier alpha value is -2.49. The van der Waals surface area contributed by atoms with Crippen molar-refractivity contribution in [3.63, 3.8) is 0 Å². The van der Waals surface area contributed by atoms with Gasteiger partial charge in [-0.2, -0.15) is 5.10 Å². The molecule has 0 heterocycles. The number of aryl methyl sites for hydroxylation is 2. The molecule has 2 rings (SSSR count). The molecule has 0 aliphatic carbocycles. The van der Waals surface area contributed by atoms with Crippen molar-refractivity contribution in [2.75, 3.05) is 18.6 Å². The number of hydrazone groups is 1. The van der Waals surface area contributed by atoms with E-state index in [0.717, 1.165) is 22.7 Å². The zero-order valence-corrected chi connectivity index (χ0v) is 15.8. The van der Waals surface area contributed by atoms with Crippen LogP contribution in [0.1, 0.15) is 37.5 Å². The molecule has 0 aliphatic rings. The van der Waals surface area contributed by atoms with E-state index >= 15 is 0 Å². The van der Waals surface area contributed by atoms with Crippen molar-refractivity contribution < 1.29 is 9.47 Å². The largest absolute Gasteiger partial charge is 0.490 e. The van der Waals surface area contributed by atoms with Gasteiger partial charge in [-0.1, -0.05) is 19.9 Å². The van der Waals surface area contributed by atoms with E-state index in [2.05, 4.69) is 50.4 Å². The zero-order chi connectivity index (χ0) is 18.2. The smallest absolute Gasteiger partial charge is 0.161 e. The third kappa shape index (κ3) is 5.82. The van der Waals surface area contributed by atoms with Gasteiger partial charge in [-0.25, -0.2) is 0 Å². The van der Waals surface area contributed by atoms with Crippen LogP contribution < -0.4 is 14.9 Å². The Morgan fingerprint density at radius 3 is 2.48 bits per heavy atom. The van der Waals surface area contributed by atoms with Crippen LogP contribution in [0.3, 0.4) is 0 Å². The van der Waals surface area contributed by atoms with Gasteiger partial charge in [0, 0.05) is 0 Å². The van der Waals surface area contributed by atoms with Crippen molar-refractivity contribution in [2.24, 2.45) is 11.0 Å². The summed E-state index contributed by atoms with van der Waals surface area (Å²) >= 11 is 0. The fourth-order valence-corrected chi connectivity index (χ4v) is 2.24. The molecule has 0 aliphatic heterocycles. The first-order chi connectivity index (χ1) is 12.0. The second-order valence-electron chi connectivity index (χ2n) is 6.51. The van der Waals surface area contributed by atoms with Crippen LogP contribution in [-0.4, -0.2) is 19.4 Å². The number of nitrogens with zero attached hydrogens (tertiary/aromatic N) is 1. The molecule has 134 valence electrons. The highest BCUT2D eigenvalue weighted by atomic mass is 16.5. The van der Waals surface area contributed by atoms with Crippen LogP contribution in [-0.2, 0) is 0 Å². The van der Waals surface area contributed by atoms with Gasteiger partial charge in [0.15, 0.2) is 11.5 Å². The van der Waals surface area contributed by atoms with Crippen LogP contribution in [0.2, 0.25) is 0 Å². The lowest BCUT2D eigenvalue weighted by Gasteiger charge is -2.13. The van der Waals surface area contributed by atoms with Gasteiger partial charge in [0.1, 0.15) is 0 Å². The summed E-state index contributed by atoms with van der Waals surface area (Å²) in [4.78, 5) is 0. The summed E-state index contributed by atoms with van der Waals surface area (Å²) < 4.78 is 11.5. The molecule has 0 bridgehead atoms. The van der Waals surface area contributed by atoms with E-state index < -0.39 is 0 Å². The van der Waals surface area contributed by atoms with E-state index in [1.54, 1.807) is 6.21 Å². The minimum Gasteiger partial charge on any atom is -0.490 e. The first-order valence-corrected chi connectivity index (χ1v) is 8.75. The lowest BCUT2D eigenvalue weighted by Crippen LogP contribution is -2.06. The molecule has 0 amide bonds. The lowest BCUT2D eigenvalue weighted by molar-refractivity contribution is 0.248. The van der Waals surface area contributed by atoms with Gasteiger partial charge in [0.05, 0.1) is 25.1 Å². The van der Waals surface area contributed by atoms with Crippen LogP contribution in [0, 0.1) is 19.8 Å². The highest BCUT2D eigenvalue weighted by Gasteiger charge is 2.07. The fraction of sp³-hybridized carbons (Fsp3) is 0.381. The first-order valence-electron chi connectivity index (χ1n) is 8.75. The average Bonchev–Trinajstić information content (AvgIpc) is 2.57.